The van der Waals surface area contributed by atoms with Crippen LogP contribution in [0, 0.1) is 11.3 Å². The SMILES string of the molecule is N#CC(C(=O)c1ccc(Br)s1)c1c(Cl)cccc1Cl. The smallest absolute Gasteiger partial charge is 0.194 e. The first-order valence-electron chi connectivity index (χ1n) is 5.17. The number of benzene rings is 1. The number of halogens is 3. The Morgan fingerprint density at radius 1 is 1.26 bits per heavy atom. The van der Waals surface area contributed by atoms with Crippen molar-refractivity contribution in [2.24, 2.45) is 0 Å². The molecule has 6 heteroatoms. The third-order valence-corrected chi connectivity index (χ3v) is 4.79. The van der Waals surface area contributed by atoms with Crippen molar-refractivity contribution in [1.29, 1.82) is 5.26 Å². The maximum atomic E-state index is 12.3. The van der Waals surface area contributed by atoms with Gasteiger partial charge >= 0.3 is 0 Å². The molecular weight excluding hydrogens is 369 g/mol. The highest BCUT2D eigenvalue weighted by molar-refractivity contribution is 9.11. The summed E-state index contributed by atoms with van der Waals surface area (Å²) in [4.78, 5) is 12.8. The van der Waals surface area contributed by atoms with Crippen LogP contribution in [-0.2, 0) is 0 Å². The van der Waals surface area contributed by atoms with E-state index in [0.29, 0.717) is 20.5 Å². The van der Waals surface area contributed by atoms with Gasteiger partial charge in [0.05, 0.1) is 14.7 Å². The fourth-order valence-corrected chi connectivity index (χ4v) is 3.60. The molecule has 0 aliphatic heterocycles. The molecule has 0 aliphatic rings. The first-order valence-corrected chi connectivity index (χ1v) is 7.54. The quantitative estimate of drug-likeness (QED) is 0.683. The number of carbonyl (C=O) groups excluding carboxylic acids is 1. The molecule has 1 aromatic carbocycles. The molecular formula is C13H6BrCl2NOS. The predicted molar refractivity (Wildman–Crippen MR) is 81.2 cm³/mol. The average molecular weight is 375 g/mol. The van der Waals surface area contributed by atoms with Gasteiger partial charge in [-0.3, -0.25) is 4.79 Å². The lowest BCUT2D eigenvalue weighted by Gasteiger charge is -2.11. The zero-order chi connectivity index (χ0) is 14.0. The molecule has 1 unspecified atom stereocenters. The summed E-state index contributed by atoms with van der Waals surface area (Å²) in [7, 11) is 0. The topological polar surface area (TPSA) is 40.9 Å². The van der Waals surface area contributed by atoms with Crippen LogP contribution in [0.1, 0.15) is 21.2 Å². The number of thiophene rings is 1. The lowest BCUT2D eigenvalue weighted by Crippen LogP contribution is -2.11. The maximum absolute atomic E-state index is 12.3. The van der Waals surface area contributed by atoms with Gasteiger partial charge in [-0.25, -0.2) is 0 Å². The molecule has 19 heavy (non-hydrogen) atoms. The molecule has 2 aromatic rings. The Kier molecular flexibility index (Phi) is 4.64. The molecule has 2 rings (SSSR count). The summed E-state index contributed by atoms with van der Waals surface area (Å²) in [5, 5.41) is 9.92. The van der Waals surface area contributed by atoms with Gasteiger partial charge in [0.1, 0.15) is 5.92 Å². The van der Waals surface area contributed by atoms with Crippen molar-refractivity contribution in [3.8, 4) is 6.07 Å². The van der Waals surface area contributed by atoms with E-state index in [-0.39, 0.29) is 5.78 Å². The predicted octanol–water partition coefficient (Wildman–Crippen LogP) is 5.31. The van der Waals surface area contributed by atoms with Crippen molar-refractivity contribution < 1.29 is 4.79 Å². The van der Waals surface area contributed by atoms with E-state index in [1.54, 1.807) is 30.3 Å². The molecule has 0 saturated carbocycles. The molecule has 1 atom stereocenters. The average Bonchev–Trinajstić information content (AvgIpc) is 2.80. The minimum atomic E-state index is -0.994. The number of hydrogen-bond donors (Lipinski definition) is 0. The number of ketones is 1. The van der Waals surface area contributed by atoms with Gasteiger partial charge in [0, 0.05) is 15.6 Å². The Labute approximate surface area is 132 Å². The van der Waals surface area contributed by atoms with Crippen LogP contribution in [0.3, 0.4) is 0 Å². The standard InChI is InChI=1S/C13H6BrCl2NOS/c14-11-5-4-10(19-11)13(18)7(6-17)12-8(15)2-1-3-9(12)16/h1-5,7H. The van der Waals surface area contributed by atoms with Crippen LogP contribution >= 0.6 is 50.5 Å². The fourth-order valence-electron chi connectivity index (χ4n) is 1.63. The van der Waals surface area contributed by atoms with Crippen LogP contribution in [0.15, 0.2) is 34.1 Å². The van der Waals surface area contributed by atoms with E-state index in [2.05, 4.69) is 15.9 Å². The van der Waals surface area contributed by atoms with E-state index in [9.17, 15) is 10.1 Å². The molecule has 0 N–H and O–H groups in total. The molecule has 0 aliphatic carbocycles. The molecule has 2 nitrogen and oxygen atoms in total. The zero-order valence-electron chi connectivity index (χ0n) is 9.36. The van der Waals surface area contributed by atoms with Crippen LogP contribution < -0.4 is 0 Å². The molecule has 0 spiro atoms. The van der Waals surface area contributed by atoms with E-state index in [1.165, 1.54) is 11.3 Å². The Morgan fingerprint density at radius 3 is 2.37 bits per heavy atom. The van der Waals surface area contributed by atoms with Crippen LogP contribution in [0.2, 0.25) is 10.0 Å². The largest absolute Gasteiger partial charge is 0.291 e. The second kappa shape index (κ2) is 6.06. The summed E-state index contributed by atoms with van der Waals surface area (Å²) in [5.74, 6) is -1.29. The van der Waals surface area contributed by atoms with Crippen molar-refractivity contribution in [2.45, 2.75) is 5.92 Å². The lowest BCUT2D eigenvalue weighted by atomic mass is 9.95. The zero-order valence-corrected chi connectivity index (χ0v) is 13.3. The molecule has 96 valence electrons. The first kappa shape index (κ1) is 14.5. The summed E-state index contributed by atoms with van der Waals surface area (Å²) < 4.78 is 0.831. The summed E-state index contributed by atoms with van der Waals surface area (Å²) in [5.41, 5.74) is 0.364. The van der Waals surface area contributed by atoms with E-state index in [4.69, 9.17) is 23.2 Å². The number of nitrogens with zero attached hydrogens (tertiary/aromatic N) is 1. The fraction of sp³-hybridized carbons (Fsp3) is 0.0769. The van der Waals surface area contributed by atoms with Crippen molar-refractivity contribution in [3.05, 3.63) is 54.6 Å². The highest BCUT2D eigenvalue weighted by Crippen LogP contribution is 2.35. The van der Waals surface area contributed by atoms with Crippen LogP contribution in [-0.4, -0.2) is 5.78 Å². The van der Waals surface area contributed by atoms with E-state index < -0.39 is 5.92 Å². The van der Waals surface area contributed by atoms with Crippen molar-refractivity contribution in [3.63, 3.8) is 0 Å². The highest BCUT2D eigenvalue weighted by Gasteiger charge is 2.27. The molecule has 1 heterocycles. The summed E-state index contributed by atoms with van der Waals surface area (Å²) in [6.07, 6.45) is 0. The minimum absolute atomic E-state index is 0.298. The second-order valence-electron chi connectivity index (χ2n) is 3.67. The summed E-state index contributed by atoms with van der Waals surface area (Å²) in [6, 6.07) is 10.3. The van der Waals surface area contributed by atoms with Gasteiger partial charge < -0.3 is 0 Å². The van der Waals surface area contributed by atoms with Crippen LogP contribution in [0.5, 0.6) is 0 Å². The molecule has 0 radical (unpaired) electrons. The number of nitriles is 1. The van der Waals surface area contributed by atoms with E-state index in [1.807, 2.05) is 6.07 Å². The maximum Gasteiger partial charge on any atom is 0.194 e. The van der Waals surface area contributed by atoms with Gasteiger partial charge in [0.25, 0.3) is 0 Å². The van der Waals surface area contributed by atoms with E-state index >= 15 is 0 Å². The monoisotopic (exact) mass is 373 g/mol. The molecule has 0 fully saturated rings. The van der Waals surface area contributed by atoms with Crippen molar-refractivity contribution >= 4 is 56.3 Å². The molecule has 1 aromatic heterocycles. The van der Waals surface area contributed by atoms with Gasteiger partial charge in [-0.1, -0.05) is 29.3 Å². The van der Waals surface area contributed by atoms with Crippen molar-refractivity contribution in [1.82, 2.24) is 0 Å². The number of carbonyl (C=O) groups is 1. The Hall–Kier alpha value is -0.860. The normalized spacial score (nSPS) is 11.9. The third-order valence-electron chi connectivity index (χ3n) is 2.50. The molecule has 0 amide bonds. The summed E-state index contributed by atoms with van der Waals surface area (Å²) >= 11 is 16.7. The number of rotatable bonds is 3. The second-order valence-corrected chi connectivity index (χ2v) is 6.94. The van der Waals surface area contributed by atoms with Gasteiger partial charge in [0.2, 0.25) is 0 Å². The molecule has 0 bridgehead atoms. The van der Waals surface area contributed by atoms with Crippen molar-refractivity contribution in [2.75, 3.05) is 0 Å². The van der Waals surface area contributed by atoms with Gasteiger partial charge in [-0.2, -0.15) is 5.26 Å². The minimum Gasteiger partial charge on any atom is -0.291 e. The first-order chi connectivity index (χ1) is 9.04. The lowest BCUT2D eigenvalue weighted by molar-refractivity contribution is 0.0983. The Balaban J connectivity index is 2.47. The number of Topliss-reactive ketones (excluding diaryl/α,β-unsaturated/α-hetero) is 1. The third kappa shape index (κ3) is 3.01. The summed E-state index contributed by atoms with van der Waals surface area (Å²) in [6.45, 7) is 0. The highest BCUT2D eigenvalue weighted by atomic mass is 79.9. The van der Waals surface area contributed by atoms with Gasteiger partial charge in [-0.15, -0.1) is 11.3 Å². The Bertz CT molecular complexity index is 657. The number of hydrogen-bond acceptors (Lipinski definition) is 3. The van der Waals surface area contributed by atoms with Gasteiger partial charge in [0.15, 0.2) is 5.78 Å². The van der Waals surface area contributed by atoms with Crippen LogP contribution in [0.4, 0.5) is 0 Å². The van der Waals surface area contributed by atoms with E-state index in [0.717, 1.165) is 3.79 Å². The Morgan fingerprint density at radius 2 is 1.89 bits per heavy atom. The van der Waals surface area contributed by atoms with Gasteiger partial charge in [-0.05, 0) is 40.2 Å². The molecule has 0 saturated heterocycles. The van der Waals surface area contributed by atoms with Crippen LogP contribution in [0.25, 0.3) is 0 Å².